The number of hydrogen-bond acceptors (Lipinski definition) is 2. The lowest BCUT2D eigenvalue weighted by Crippen LogP contribution is -2.38. The van der Waals surface area contributed by atoms with Crippen molar-refractivity contribution in [3.63, 3.8) is 0 Å². The number of unbranched alkanes of at least 4 members (excludes halogenated alkanes) is 2. The molecule has 2 nitrogen and oxygen atoms in total. The average Bonchev–Trinajstić information content (AvgIpc) is 2.24. The Labute approximate surface area is 103 Å². The minimum atomic E-state index is 0.656. The monoisotopic (exact) mass is 228 g/mol. The Morgan fingerprint density at radius 2 is 1.81 bits per heavy atom. The van der Waals surface area contributed by atoms with Crippen LogP contribution in [0, 0.1) is 5.92 Å². The third-order valence-electron chi connectivity index (χ3n) is 3.21. The van der Waals surface area contributed by atoms with E-state index in [1.807, 2.05) is 0 Å². The van der Waals surface area contributed by atoms with Crippen molar-refractivity contribution < 1.29 is 0 Å². The number of rotatable bonds is 10. The summed E-state index contributed by atoms with van der Waals surface area (Å²) in [5, 5.41) is 3.55. The minimum Gasteiger partial charge on any atom is -0.315 e. The Balaban J connectivity index is 3.43. The quantitative estimate of drug-likeness (QED) is 0.578. The van der Waals surface area contributed by atoms with Gasteiger partial charge in [0.2, 0.25) is 0 Å². The van der Waals surface area contributed by atoms with E-state index in [1.54, 1.807) is 0 Å². The second-order valence-electron chi connectivity index (χ2n) is 5.42. The van der Waals surface area contributed by atoms with Crippen molar-refractivity contribution in [2.45, 2.75) is 59.4 Å². The highest BCUT2D eigenvalue weighted by molar-refractivity contribution is 4.66. The van der Waals surface area contributed by atoms with E-state index in [9.17, 15) is 0 Å². The highest BCUT2D eigenvalue weighted by atomic mass is 15.1. The van der Waals surface area contributed by atoms with Gasteiger partial charge in [-0.2, -0.15) is 0 Å². The molecule has 0 fully saturated rings. The molecular formula is C14H32N2. The maximum absolute atomic E-state index is 3.55. The summed E-state index contributed by atoms with van der Waals surface area (Å²) >= 11 is 0. The smallest absolute Gasteiger partial charge is 0.0189 e. The van der Waals surface area contributed by atoms with Crippen LogP contribution >= 0.6 is 0 Å². The molecule has 0 radical (unpaired) electrons. The van der Waals surface area contributed by atoms with Gasteiger partial charge in [0, 0.05) is 12.6 Å². The number of nitrogens with zero attached hydrogens (tertiary/aromatic N) is 1. The molecule has 16 heavy (non-hydrogen) atoms. The molecule has 0 amide bonds. The largest absolute Gasteiger partial charge is 0.315 e. The Morgan fingerprint density at radius 1 is 1.12 bits per heavy atom. The first-order valence-electron chi connectivity index (χ1n) is 6.98. The fraction of sp³-hybridized carbons (Fsp3) is 1.00. The van der Waals surface area contributed by atoms with E-state index in [0.29, 0.717) is 6.04 Å². The van der Waals surface area contributed by atoms with Crippen LogP contribution < -0.4 is 5.32 Å². The summed E-state index contributed by atoms with van der Waals surface area (Å²) in [7, 11) is 2.24. The van der Waals surface area contributed by atoms with Gasteiger partial charge in [-0.1, -0.05) is 33.6 Å². The van der Waals surface area contributed by atoms with Crippen LogP contribution in [-0.4, -0.2) is 37.6 Å². The Morgan fingerprint density at radius 3 is 2.38 bits per heavy atom. The first-order chi connectivity index (χ1) is 7.57. The van der Waals surface area contributed by atoms with E-state index in [2.05, 4.69) is 45.0 Å². The van der Waals surface area contributed by atoms with Gasteiger partial charge in [-0.15, -0.1) is 0 Å². The Bertz CT molecular complexity index is 146. The topological polar surface area (TPSA) is 15.3 Å². The van der Waals surface area contributed by atoms with E-state index in [0.717, 1.165) is 19.0 Å². The lowest BCUT2D eigenvalue weighted by Gasteiger charge is -2.25. The molecule has 0 aliphatic heterocycles. The number of likely N-dealkylation sites (N-methyl/N-ethyl adjacent to an activating group) is 1. The Hall–Kier alpha value is -0.0800. The lowest BCUT2D eigenvalue weighted by molar-refractivity contribution is 0.245. The molecule has 0 rings (SSSR count). The molecule has 0 aromatic carbocycles. The van der Waals surface area contributed by atoms with Crippen LogP contribution in [0.5, 0.6) is 0 Å². The normalized spacial score (nSPS) is 13.7. The highest BCUT2D eigenvalue weighted by Gasteiger charge is 2.07. The van der Waals surface area contributed by atoms with Gasteiger partial charge in [-0.25, -0.2) is 0 Å². The van der Waals surface area contributed by atoms with Crippen LogP contribution in [0.1, 0.15) is 53.4 Å². The summed E-state index contributed by atoms with van der Waals surface area (Å²) in [5.41, 5.74) is 0. The Kier molecular flexibility index (Phi) is 10.0. The van der Waals surface area contributed by atoms with Gasteiger partial charge in [-0.05, 0) is 45.8 Å². The van der Waals surface area contributed by atoms with Crippen molar-refractivity contribution in [2.24, 2.45) is 5.92 Å². The second kappa shape index (κ2) is 10.1. The van der Waals surface area contributed by atoms with Gasteiger partial charge < -0.3 is 10.2 Å². The van der Waals surface area contributed by atoms with Crippen molar-refractivity contribution >= 4 is 0 Å². The van der Waals surface area contributed by atoms with Crippen LogP contribution in [0.2, 0.25) is 0 Å². The molecular weight excluding hydrogens is 196 g/mol. The van der Waals surface area contributed by atoms with Crippen molar-refractivity contribution in [2.75, 3.05) is 26.7 Å². The van der Waals surface area contributed by atoms with Gasteiger partial charge in [-0.3, -0.25) is 0 Å². The predicted molar refractivity (Wildman–Crippen MR) is 73.9 cm³/mol. The van der Waals surface area contributed by atoms with Gasteiger partial charge in [0.05, 0.1) is 0 Å². The average molecular weight is 228 g/mol. The fourth-order valence-corrected chi connectivity index (χ4v) is 1.69. The van der Waals surface area contributed by atoms with E-state index < -0.39 is 0 Å². The first kappa shape index (κ1) is 15.9. The van der Waals surface area contributed by atoms with Crippen LogP contribution in [0.15, 0.2) is 0 Å². The maximum Gasteiger partial charge on any atom is 0.0189 e. The molecule has 0 aromatic rings. The molecule has 1 unspecified atom stereocenters. The molecule has 2 heteroatoms. The minimum absolute atomic E-state index is 0.656. The summed E-state index contributed by atoms with van der Waals surface area (Å²) in [5.74, 6) is 0.810. The second-order valence-corrected chi connectivity index (χ2v) is 5.42. The molecule has 1 atom stereocenters. The number of nitrogens with one attached hydrogen (secondary N) is 1. The van der Waals surface area contributed by atoms with Crippen LogP contribution in [0.25, 0.3) is 0 Å². The molecule has 0 saturated carbocycles. The van der Waals surface area contributed by atoms with Gasteiger partial charge in [0.15, 0.2) is 0 Å². The zero-order valence-corrected chi connectivity index (χ0v) is 12.1. The molecule has 0 heterocycles. The zero-order chi connectivity index (χ0) is 12.4. The van der Waals surface area contributed by atoms with Crippen molar-refractivity contribution in [1.29, 1.82) is 0 Å². The van der Waals surface area contributed by atoms with Crippen molar-refractivity contribution in [3.8, 4) is 0 Å². The summed E-state index contributed by atoms with van der Waals surface area (Å²) < 4.78 is 0. The fourth-order valence-electron chi connectivity index (χ4n) is 1.69. The molecule has 0 aliphatic carbocycles. The lowest BCUT2D eigenvalue weighted by atomic mass is 10.1. The highest BCUT2D eigenvalue weighted by Crippen LogP contribution is 2.01. The SMILES string of the molecule is CCCCCN(C)C(C)CNCCC(C)C. The summed E-state index contributed by atoms with van der Waals surface area (Å²) in [4.78, 5) is 2.47. The van der Waals surface area contributed by atoms with Gasteiger partial charge in [0.25, 0.3) is 0 Å². The van der Waals surface area contributed by atoms with Crippen LogP contribution in [0.3, 0.4) is 0 Å². The molecule has 0 saturated heterocycles. The standard InChI is InChI=1S/C14H32N2/c1-6-7-8-11-16(5)14(4)12-15-10-9-13(2)3/h13-15H,6-12H2,1-5H3. The van der Waals surface area contributed by atoms with Crippen LogP contribution in [0.4, 0.5) is 0 Å². The molecule has 1 N–H and O–H groups in total. The maximum atomic E-state index is 3.55. The summed E-state index contributed by atoms with van der Waals surface area (Å²) in [6.07, 6.45) is 5.29. The van der Waals surface area contributed by atoms with Gasteiger partial charge >= 0.3 is 0 Å². The summed E-state index contributed by atoms with van der Waals surface area (Å²) in [6, 6.07) is 0.656. The first-order valence-corrected chi connectivity index (χ1v) is 6.98. The van der Waals surface area contributed by atoms with Crippen molar-refractivity contribution in [1.82, 2.24) is 10.2 Å². The van der Waals surface area contributed by atoms with E-state index >= 15 is 0 Å². The van der Waals surface area contributed by atoms with Crippen molar-refractivity contribution in [3.05, 3.63) is 0 Å². The third-order valence-corrected chi connectivity index (χ3v) is 3.21. The van der Waals surface area contributed by atoms with E-state index in [1.165, 1.54) is 32.2 Å². The van der Waals surface area contributed by atoms with Gasteiger partial charge in [0.1, 0.15) is 0 Å². The predicted octanol–water partition coefficient (Wildman–Crippen LogP) is 3.13. The van der Waals surface area contributed by atoms with Crippen LogP contribution in [-0.2, 0) is 0 Å². The molecule has 98 valence electrons. The van der Waals surface area contributed by atoms with E-state index in [4.69, 9.17) is 0 Å². The van der Waals surface area contributed by atoms with E-state index in [-0.39, 0.29) is 0 Å². The number of hydrogen-bond donors (Lipinski definition) is 1. The molecule has 0 spiro atoms. The molecule has 0 aromatic heterocycles. The molecule has 0 bridgehead atoms. The third kappa shape index (κ3) is 9.17. The molecule has 0 aliphatic rings. The summed E-state index contributed by atoms with van der Waals surface area (Å²) in [6.45, 7) is 12.6. The zero-order valence-electron chi connectivity index (χ0n) is 12.1.